The standard InChI is InChI=1S/C30H30N2O/c1-17-13-25-23-10-9-18(2)32-29(23)33-28(25)26(14-17)27-22-8-6-7-21(24(22)15-19(3)31-27)20-11-12-30(4,5)16-20/h6-10,13-15,20H,11-12,16H2,1-5H3. The maximum Gasteiger partial charge on any atom is 0.227 e. The van der Waals surface area contributed by atoms with Crippen molar-refractivity contribution in [3.63, 3.8) is 0 Å². The Balaban J connectivity index is 1.64. The highest BCUT2D eigenvalue weighted by Gasteiger charge is 2.32. The number of fused-ring (bicyclic) bond motifs is 4. The number of hydrogen-bond acceptors (Lipinski definition) is 3. The Labute approximate surface area is 194 Å². The molecule has 1 unspecified atom stereocenters. The second-order valence-electron chi connectivity index (χ2n) is 10.8. The lowest BCUT2D eigenvalue weighted by Gasteiger charge is -2.19. The Morgan fingerprint density at radius 2 is 1.70 bits per heavy atom. The predicted octanol–water partition coefficient (Wildman–Crippen LogP) is 8.42. The molecule has 1 atom stereocenters. The molecule has 3 aromatic heterocycles. The molecule has 5 aromatic rings. The van der Waals surface area contributed by atoms with Gasteiger partial charge in [0, 0.05) is 33.1 Å². The molecule has 2 aromatic carbocycles. The summed E-state index contributed by atoms with van der Waals surface area (Å²) in [4.78, 5) is 9.72. The summed E-state index contributed by atoms with van der Waals surface area (Å²) in [6.45, 7) is 11.1. The van der Waals surface area contributed by atoms with Gasteiger partial charge in [-0.15, -0.1) is 0 Å². The van der Waals surface area contributed by atoms with Crippen LogP contribution in [-0.4, -0.2) is 9.97 Å². The summed E-state index contributed by atoms with van der Waals surface area (Å²) >= 11 is 0. The van der Waals surface area contributed by atoms with Gasteiger partial charge in [0.05, 0.1) is 5.69 Å². The molecule has 1 aliphatic carbocycles. The second-order valence-corrected chi connectivity index (χ2v) is 10.8. The molecule has 0 amide bonds. The number of rotatable bonds is 2. The number of pyridine rings is 2. The van der Waals surface area contributed by atoms with Crippen LogP contribution >= 0.6 is 0 Å². The highest BCUT2D eigenvalue weighted by molar-refractivity contribution is 6.11. The molecule has 0 aliphatic heterocycles. The number of aromatic nitrogens is 2. The zero-order chi connectivity index (χ0) is 22.9. The Morgan fingerprint density at radius 1 is 0.848 bits per heavy atom. The quantitative estimate of drug-likeness (QED) is 0.280. The van der Waals surface area contributed by atoms with Crippen LogP contribution in [0, 0.1) is 26.2 Å². The Bertz CT molecular complexity index is 1560. The van der Waals surface area contributed by atoms with Gasteiger partial charge in [-0.2, -0.15) is 0 Å². The van der Waals surface area contributed by atoms with E-state index in [-0.39, 0.29) is 0 Å². The summed E-state index contributed by atoms with van der Waals surface area (Å²) in [6, 6.07) is 17.6. The molecule has 6 rings (SSSR count). The molecule has 1 fully saturated rings. The molecule has 0 bridgehead atoms. The smallest absolute Gasteiger partial charge is 0.227 e. The van der Waals surface area contributed by atoms with Gasteiger partial charge in [0.15, 0.2) is 0 Å². The largest absolute Gasteiger partial charge is 0.437 e. The number of aryl methyl sites for hydroxylation is 3. The average molecular weight is 435 g/mol. The molecule has 3 nitrogen and oxygen atoms in total. The molecule has 3 heteroatoms. The fourth-order valence-corrected chi connectivity index (χ4v) is 5.86. The van der Waals surface area contributed by atoms with Crippen molar-refractivity contribution < 1.29 is 4.42 Å². The summed E-state index contributed by atoms with van der Waals surface area (Å²) in [6.07, 6.45) is 3.78. The van der Waals surface area contributed by atoms with E-state index in [9.17, 15) is 0 Å². The van der Waals surface area contributed by atoms with Gasteiger partial charge in [-0.1, -0.05) is 32.0 Å². The van der Waals surface area contributed by atoms with Crippen LogP contribution in [0.2, 0.25) is 0 Å². The Morgan fingerprint density at radius 3 is 2.48 bits per heavy atom. The monoisotopic (exact) mass is 434 g/mol. The molecule has 0 spiro atoms. The minimum atomic E-state index is 0.417. The number of furan rings is 1. The van der Waals surface area contributed by atoms with E-state index >= 15 is 0 Å². The molecule has 33 heavy (non-hydrogen) atoms. The topological polar surface area (TPSA) is 38.9 Å². The lowest BCUT2D eigenvalue weighted by Crippen LogP contribution is -2.05. The minimum Gasteiger partial charge on any atom is -0.437 e. The van der Waals surface area contributed by atoms with E-state index in [1.54, 1.807) is 0 Å². The van der Waals surface area contributed by atoms with Crippen LogP contribution in [0.5, 0.6) is 0 Å². The van der Waals surface area contributed by atoms with Gasteiger partial charge >= 0.3 is 0 Å². The van der Waals surface area contributed by atoms with Crippen LogP contribution in [0.25, 0.3) is 44.1 Å². The van der Waals surface area contributed by atoms with E-state index in [0.717, 1.165) is 39.0 Å². The van der Waals surface area contributed by atoms with Crippen molar-refractivity contribution in [3.8, 4) is 11.3 Å². The van der Waals surface area contributed by atoms with Gasteiger partial charge < -0.3 is 4.42 Å². The zero-order valence-electron chi connectivity index (χ0n) is 20.1. The highest BCUT2D eigenvalue weighted by Crippen LogP contribution is 2.48. The van der Waals surface area contributed by atoms with Crippen molar-refractivity contribution in [1.82, 2.24) is 9.97 Å². The number of nitrogens with zero attached hydrogens (tertiary/aromatic N) is 2. The molecule has 166 valence electrons. The van der Waals surface area contributed by atoms with Gasteiger partial charge in [-0.3, -0.25) is 4.98 Å². The van der Waals surface area contributed by atoms with E-state index in [2.05, 4.69) is 81.2 Å². The van der Waals surface area contributed by atoms with Crippen LogP contribution in [0.1, 0.15) is 61.5 Å². The molecule has 1 saturated carbocycles. The first-order valence-electron chi connectivity index (χ1n) is 12.0. The fraction of sp³-hybridized carbons (Fsp3) is 0.333. The SMILES string of the molecule is Cc1cc(-c2nc(C)cc3c(C4CCC(C)(C)C4)cccc23)c2oc3nc(C)ccc3c2c1. The highest BCUT2D eigenvalue weighted by atomic mass is 16.3. The van der Waals surface area contributed by atoms with E-state index in [0.29, 0.717) is 17.0 Å². The van der Waals surface area contributed by atoms with E-state index in [1.807, 2.05) is 6.92 Å². The van der Waals surface area contributed by atoms with Crippen molar-refractivity contribution in [2.24, 2.45) is 5.41 Å². The molecule has 3 heterocycles. The molecular weight excluding hydrogens is 404 g/mol. The first-order valence-corrected chi connectivity index (χ1v) is 12.0. The van der Waals surface area contributed by atoms with E-state index < -0.39 is 0 Å². The second kappa shape index (κ2) is 7.15. The Kier molecular flexibility index (Phi) is 4.42. The maximum atomic E-state index is 6.37. The first kappa shape index (κ1) is 20.4. The average Bonchev–Trinajstić information content (AvgIpc) is 3.31. The Hall–Kier alpha value is -3.20. The van der Waals surface area contributed by atoms with Crippen molar-refractivity contribution >= 4 is 32.8 Å². The third-order valence-electron chi connectivity index (χ3n) is 7.42. The van der Waals surface area contributed by atoms with Crippen LogP contribution in [0.4, 0.5) is 0 Å². The minimum absolute atomic E-state index is 0.417. The van der Waals surface area contributed by atoms with E-state index in [4.69, 9.17) is 9.40 Å². The summed E-state index contributed by atoms with van der Waals surface area (Å²) in [5.74, 6) is 0.606. The third-order valence-corrected chi connectivity index (χ3v) is 7.42. The molecule has 0 radical (unpaired) electrons. The number of hydrogen-bond donors (Lipinski definition) is 0. The summed E-state index contributed by atoms with van der Waals surface area (Å²) in [7, 11) is 0. The van der Waals surface area contributed by atoms with Crippen LogP contribution < -0.4 is 0 Å². The maximum absolute atomic E-state index is 6.37. The van der Waals surface area contributed by atoms with Crippen molar-refractivity contribution in [3.05, 3.63) is 71.0 Å². The van der Waals surface area contributed by atoms with Gasteiger partial charge in [-0.05, 0) is 98.2 Å². The lowest BCUT2D eigenvalue weighted by molar-refractivity contribution is 0.376. The molecule has 0 saturated heterocycles. The molecular formula is C30H30N2O. The van der Waals surface area contributed by atoms with Crippen LogP contribution in [0.15, 0.2) is 52.9 Å². The zero-order valence-corrected chi connectivity index (χ0v) is 20.1. The van der Waals surface area contributed by atoms with Gasteiger partial charge in [0.1, 0.15) is 5.58 Å². The van der Waals surface area contributed by atoms with E-state index in [1.165, 1.54) is 41.2 Å². The van der Waals surface area contributed by atoms with Gasteiger partial charge in [-0.25, -0.2) is 4.98 Å². The third kappa shape index (κ3) is 3.33. The summed E-state index contributed by atoms with van der Waals surface area (Å²) < 4.78 is 6.37. The molecule has 0 N–H and O–H groups in total. The van der Waals surface area contributed by atoms with Crippen LogP contribution in [0.3, 0.4) is 0 Å². The number of benzene rings is 2. The van der Waals surface area contributed by atoms with Crippen molar-refractivity contribution in [1.29, 1.82) is 0 Å². The normalized spacial score (nSPS) is 18.0. The van der Waals surface area contributed by atoms with Crippen molar-refractivity contribution in [2.45, 2.75) is 59.8 Å². The van der Waals surface area contributed by atoms with Gasteiger partial charge in [0.2, 0.25) is 5.71 Å². The summed E-state index contributed by atoms with van der Waals surface area (Å²) in [5, 5.41) is 4.71. The fourth-order valence-electron chi connectivity index (χ4n) is 5.86. The van der Waals surface area contributed by atoms with Gasteiger partial charge in [0.25, 0.3) is 0 Å². The first-order chi connectivity index (χ1) is 15.8. The molecule has 1 aliphatic rings. The summed E-state index contributed by atoms with van der Waals surface area (Å²) in [5.41, 5.74) is 8.72. The predicted molar refractivity (Wildman–Crippen MR) is 137 cm³/mol. The lowest BCUT2D eigenvalue weighted by atomic mass is 9.86. The van der Waals surface area contributed by atoms with Crippen LogP contribution in [-0.2, 0) is 0 Å². The van der Waals surface area contributed by atoms with Crippen molar-refractivity contribution in [2.75, 3.05) is 0 Å².